The highest BCUT2D eigenvalue weighted by atomic mass is 35.5. The van der Waals surface area contributed by atoms with Gasteiger partial charge in [-0.1, -0.05) is 37.0 Å². The van der Waals surface area contributed by atoms with Gasteiger partial charge >= 0.3 is 5.97 Å². The molecular weight excluding hydrogens is 443 g/mol. The number of hydrogen-bond acceptors (Lipinski definition) is 5. The first-order valence-corrected chi connectivity index (χ1v) is 10.3. The fraction of sp³-hybridized carbons (Fsp3) is 0.318. The highest BCUT2D eigenvalue weighted by Crippen LogP contribution is 2.27. The Bertz CT molecular complexity index is 932. The highest BCUT2D eigenvalue weighted by Gasteiger charge is 2.25. The average Bonchev–Trinajstić information content (AvgIpc) is 2.71. The smallest absolute Gasteiger partial charge is 0.329 e. The summed E-state index contributed by atoms with van der Waals surface area (Å²) in [5.74, 6) is -1.19. The summed E-state index contributed by atoms with van der Waals surface area (Å²) in [6, 6.07) is 10.1. The third-order valence-electron chi connectivity index (χ3n) is 4.18. The molecule has 0 fully saturated rings. The van der Waals surface area contributed by atoms with E-state index in [-0.39, 0.29) is 5.92 Å². The number of hydrogen-bond donors (Lipinski definition) is 2. The van der Waals surface area contributed by atoms with Gasteiger partial charge < -0.3 is 20.1 Å². The zero-order valence-electron chi connectivity index (χ0n) is 17.4. The van der Waals surface area contributed by atoms with Crippen LogP contribution in [-0.4, -0.2) is 37.5 Å². The Morgan fingerprint density at radius 3 is 2.26 bits per heavy atom. The van der Waals surface area contributed by atoms with Crippen LogP contribution >= 0.6 is 23.2 Å². The summed E-state index contributed by atoms with van der Waals surface area (Å²) in [6.07, 6.45) is 0.349. The molecule has 0 aromatic heterocycles. The Kier molecular flexibility index (Phi) is 9.15. The second-order valence-electron chi connectivity index (χ2n) is 7.16. The molecule has 0 aliphatic heterocycles. The van der Waals surface area contributed by atoms with Gasteiger partial charge in [0.2, 0.25) is 0 Å². The van der Waals surface area contributed by atoms with E-state index in [0.29, 0.717) is 33.5 Å². The predicted molar refractivity (Wildman–Crippen MR) is 120 cm³/mol. The molecule has 7 nitrogen and oxygen atoms in total. The lowest BCUT2D eigenvalue weighted by Crippen LogP contribution is -2.43. The van der Waals surface area contributed by atoms with Crippen LogP contribution in [-0.2, 0) is 14.3 Å². The average molecular weight is 467 g/mol. The molecular formula is C22H24Cl2N2O5. The SMILES string of the molecule is COc1ccc(Cl)cc1NC(=O)COC(=O)C(CC(C)C)NC(=O)c1ccc(Cl)cc1. The summed E-state index contributed by atoms with van der Waals surface area (Å²) in [5, 5.41) is 6.15. The molecule has 0 saturated heterocycles. The molecule has 2 aromatic rings. The summed E-state index contributed by atoms with van der Waals surface area (Å²) in [7, 11) is 1.46. The lowest BCUT2D eigenvalue weighted by molar-refractivity contribution is -0.149. The molecule has 9 heteroatoms. The number of anilines is 1. The minimum atomic E-state index is -0.906. The molecule has 1 unspecified atom stereocenters. The van der Waals surface area contributed by atoms with Crippen molar-refractivity contribution in [3.05, 3.63) is 58.1 Å². The number of nitrogens with one attached hydrogen (secondary N) is 2. The summed E-state index contributed by atoms with van der Waals surface area (Å²) < 4.78 is 10.3. The topological polar surface area (TPSA) is 93.7 Å². The number of carbonyl (C=O) groups excluding carboxylic acids is 3. The van der Waals surface area contributed by atoms with E-state index in [9.17, 15) is 14.4 Å². The van der Waals surface area contributed by atoms with E-state index in [1.165, 1.54) is 13.2 Å². The van der Waals surface area contributed by atoms with Crippen LogP contribution in [0.15, 0.2) is 42.5 Å². The first-order valence-electron chi connectivity index (χ1n) is 9.56. The van der Waals surface area contributed by atoms with E-state index >= 15 is 0 Å². The molecule has 0 saturated carbocycles. The van der Waals surface area contributed by atoms with Crippen LogP contribution < -0.4 is 15.4 Å². The lowest BCUT2D eigenvalue weighted by atomic mass is 10.0. The molecule has 0 radical (unpaired) electrons. The molecule has 0 aliphatic rings. The maximum absolute atomic E-state index is 12.5. The van der Waals surface area contributed by atoms with Crippen LogP contribution in [0.4, 0.5) is 5.69 Å². The first kappa shape index (κ1) is 24.5. The Balaban J connectivity index is 1.98. The van der Waals surface area contributed by atoms with Crippen molar-refractivity contribution in [1.82, 2.24) is 5.32 Å². The maximum Gasteiger partial charge on any atom is 0.329 e. The van der Waals surface area contributed by atoms with Crippen molar-refractivity contribution in [1.29, 1.82) is 0 Å². The molecule has 166 valence electrons. The predicted octanol–water partition coefficient (Wildman–Crippen LogP) is 4.33. The minimum Gasteiger partial charge on any atom is -0.495 e. The van der Waals surface area contributed by atoms with E-state index in [0.717, 1.165) is 0 Å². The Labute approximate surface area is 191 Å². The van der Waals surface area contributed by atoms with Crippen LogP contribution in [0.1, 0.15) is 30.6 Å². The van der Waals surface area contributed by atoms with Crippen LogP contribution in [0.5, 0.6) is 5.75 Å². The van der Waals surface area contributed by atoms with Gasteiger partial charge in [-0.15, -0.1) is 0 Å². The number of benzene rings is 2. The Morgan fingerprint density at radius 1 is 1.00 bits per heavy atom. The summed E-state index contributed by atoms with van der Waals surface area (Å²) >= 11 is 11.8. The maximum atomic E-state index is 12.5. The third-order valence-corrected chi connectivity index (χ3v) is 4.67. The number of halogens is 2. The van der Waals surface area contributed by atoms with E-state index in [2.05, 4.69) is 10.6 Å². The van der Waals surface area contributed by atoms with Crippen molar-refractivity contribution in [2.24, 2.45) is 5.92 Å². The van der Waals surface area contributed by atoms with Gasteiger partial charge in [0.15, 0.2) is 6.61 Å². The zero-order chi connectivity index (χ0) is 23.0. The Morgan fingerprint density at radius 2 is 1.65 bits per heavy atom. The molecule has 2 rings (SSSR count). The first-order chi connectivity index (χ1) is 14.7. The minimum absolute atomic E-state index is 0.104. The zero-order valence-corrected chi connectivity index (χ0v) is 18.9. The van der Waals surface area contributed by atoms with E-state index in [1.54, 1.807) is 36.4 Å². The van der Waals surface area contributed by atoms with Crippen LogP contribution in [0.3, 0.4) is 0 Å². The van der Waals surface area contributed by atoms with Gasteiger partial charge in [-0.25, -0.2) is 4.79 Å². The lowest BCUT2D eigenvalue weighted by Gasteiger charge is -2.19. The van der Waals surface area contributed by atoms with Crippen LogP contribution in [0.25, 0.3) is 0 Å². The van der Waals surface area contributed by atoms with Gasteiger partial charge in [0, 0.05) is 15.6 Å². The fourth-order valence-corrected chi connectivity index (χ4v) is 3.03. The number of rotatable bonds is 9. The number of methoxy groups -OCH3 is 1. The van der Waals surface area contributed by atoms with Crippen molar-refractivity contribution in [3.8, 4) is 5.75 Å². The second-order valence-corrected chi connectivity index (χ2v) is 8.04. The number of esters is 1. The van der Waals surface area contributed by atoms with Gasteiger partial charge in [-0.2, -0.15) is 0 Å². The van der Waals surface area contributed by atoms with Gasteiger partial charge in [0.25, 0.3) is 11.8 Å². The standard InChI is InChI=1S/C22H24Cl2N2O5/c1-13(2)10-18(26-21(28)14-4-6-15(23)7-5-14)22(29)31-12-20(27)25-17-11-16(24)8-9-19(17)30-3/h4-9,11,13,18H,10,12H2,1-3H3,(H,25,27)(H,26,28). The highest BCUT2D eigenvalue weighted by molar-refractivity contribution is 6.31. The van der Waals surface area contributed by atoms with E-state index < -0.39 is 30.4 Å². The largest absolute Gasteiger partial charge is 0.495 e. The van der Waals surface area contributed by atoms with E-state index in [1.807, 2.05) is 13.8 Å². The monoisotopic (exact) mass is 466 g/mol. The van der Waals surface area contributed by atoms with Crippen LogP contribution in [0, 0.1) is 5.92 Å². The van der Waals surface area contributed by atoms with Crippen molar-refractivity contribution < 1.29 is 23.9 Å². The molecule has 0 bridgehead atoms. The second kappa shape index (κ2) is 11.6. The third kappa shape index (κ3) is 7.77. The quantitative estimate of drug-likeness (QED) is 0.536. The molecule has 2 aromatic carbocycles. The number of ether oxygens (including phenoxy) is 2. The van der Waals surface area contributed by atoms with Gasteiger partial charge in [0.05, 0.1) is 12.8 Å². The summed E-state index contributed by atoms with van der Waals surface area (Å²) in [4.78, 5) is 37.2. The van der Waals surface area contributed by atoms with Crippen LogP contribution in [0.2, 0.25) is 10.0 Å². The van der Waals surface area contributed by atoms with Crippen molar-refractivity contribution >= 4 is 46.7 Å². The van der Waals surface area contributed by atoms with Gasteiger partial charge in [-0.3, -0.25) is 9.59 Å². The van der Waals surface area contributed by atoms with Gasteiger partial charge in [0.1, 0.15) is 11.8 Å². The van der Waals surface area contributed by atoms with Crippen molar-refractivity contribution in [2.75, 3.05) is 19.0 Å². The normalized spacial score (nSPS) is 11.5. The molecule has 0 heterocycles. The number of carbonyl (C=O) groups is 3. The molecule has 1 atom stereocenters. The summed E-state index contributed by atoms with van der Waals surface area (Å²) in [5.41, 5.74) is 0.711. The molecule has 2 amide bonds. The molecule has 2 N–H and O–H groups in total. The van der Waals surface area contributed by atoms with E-state index in [4.69, 9.17) is 32.7 Å². The molecule has 0 aliphatic carbocycles. The number of amides is 2. The van der Waals surface area contributed by atoms with Crippen molar-refractivity contribution in [3.63, 3.8) is 0 Å². The molecule has 0 spiro atoms. The summed E-state index contributed by atoms with van der Waals surface area (Å²) in [6.45, 7) is 3.29. The van der Waals surface area contributed by atoms with Crippen molar-refractivity contribution in [2.45, 2.75) is 26.3 Å². The fourth-order valence-electron chi connectivity index (χ4n) is 2.73. The Hall–Kier alpha value is -2.77. The molecule has 31 heavy (non-hydrogen) atoms. The van der Waals surface area contributed by atoms with Gasteiger partial charge in [-0.05, 0) is 54.8 Å².